The van der Waals surface area contributed by atoms with Crippen LogP contribution in [-0.4, -0.2) is 4.92 Å². The molecule has 0 radical (unpaired) electrons. The minimum Gasteiger partial charge on any atom is -0.374 e. The van der Waals surface area contributed by atoms with Gasteiger partial charge in [-0.05, 0) is 35.9 Å². The number of nitro groups is 1. The van der Waals surface area contributed by atoms with Gasteiger partial charge in [0.05, 0.1) is 4.92 Å². The minimum absolute atomic E-state index is 0.134. The molecular weight excluding hydrogens is 260 g/mol. The second-order valence-electron chi connectivity index (χ2n) is 4.30. The van der Waals surface area contributed by atoms with E-state index in [4.69, 9.17) is 0 Å². The first-order chi connectivity index (χ1) is 9.13. The first-order valence-corrected chi connectivity index (χ1v) is 7.04. The molecule has 0 aliphatic heterocycles. The summed E-state index contributed by atoms with van der Waals surface area (Å²) in [4.78, 5) is 11.9. The summed E-state index contributed by atoms with van der Waals surface area (Å²) < 4.78 is 0. The molecule has 0 saturated carbocycles. The van der Waals surface area contributed by atoms with Crippen LogP contribution in [0.15, 0.2) is 29.6 Å². The summed E-state index contributed by atoms with van der Waals surface area (Å²) in [6, 6.07) is 7.23. The van der Waals surface area contributed by atoms with E-state index >= 15 is 0 Å². The molecule has 1 N–H and O–H groups in total. The molecule has 1 aromatic heterocycles. The van der Waals surface area contributed by atoms with Gasteiger partial charge in [-0.15, -0.1) is 11.3 Å². The maximum absolute atomic E-state index is 11.0. The molecule has 19 heavy (non-hydrogen) atoms. The van der Waals surface area contributed by atoms with Crippen LogP contribution in [0, 0.1) is 17.0 Å². The Hall–Kier alpha value is -1.88. The highest BCUT2D eigenvalue weighted by atomic mass is 32.1. The number of anilines is 1. The average molecular weight is 276 g/mol. The molecule has 2 aromatic rings. The summed E-state index contributed by atoms with van der Waals surface area (Å²) in [5.74, 6) is 0. The number of rotatable bonds is 5. The lowest BCUT2D eigenvalue weighted by Gasteiger charge is -2.10. The lowest BCUT2D eigenvalue weighted by atomic mass is 10.1. The van der Waals surface area contributed by atoms with Crippen molar-refractivity contribution in [3.63, 3.8) is 0 Å². The van der Waals surface area contributed by atoms with E-state index in [1.54, 1.807) is 17.4 Å². The fourth-order valence-electron chi connectivity index (χ4n) is 2.04. The number of hydrogen-bond donors (Lipinski definition) is 1. The van der Waals surface area contributed by atoms with Crippen molar-refractivity contribution in [3.8, 4) is 0 Å². The molecule has 0 spiro atoms. The number of benzene rings is 1. The lowest BCUT2D eigenvalue weighted by Crippen LogP contribution is -2.04. The van der Waals surface area contributed by atoms with Crippen molar-refractivity contribution in [2.75, 3.05) is 5.32 Å². The molecule has 100 valence electrons. The van der Waals surface area contributed by atoms with Gasteiger partial charge in [0.15, 0.2) is 0 Å². The second kappa shape index (κ2) is 5.84. The molecular formula is C14H16N2O2S. The number of nitrogens with zero attached hydrogens (tertiary/aromatic N) is 1. The monoisotopic (exact) mass is 276 g/mol. The van der Waals surface area contributed by atoms with Crippen molar-refractivity contribution in [3.05, 3.63) is 55.8 Å². The van der Waals surface area contributed by atoms with Gasteiger partial charge in [-0.1, -0.05) is 19.1 Å². The van der Waals surface area contributed by atoms with Crippen molar-refractivity contribution in [2.45, 2.75) is 26.8 Å². The van der Waals surface area contributed by atoms with E-state index in [-0.39, 0.29) is 10.6 Å². The molecule has 0 fully saturated rings. The fraction of sp³-hybridized carbons (Fsp3) is 0.286. The van der Waals surface area contributed by atoms with Crippen LogP contribution < -0.4 is 5.32 Å². The SMILES string of the molecule is CCc1ccsc1CNc1c(C)cccc1[N+](=O)[O-]. The van der Waals surface area contributed by atoms with E-state index in [0.717, 1.165) is 12.0 Å². The zero-order valence-corrected chi connectivity index (χ0v) is 11.8. The van der Waals surface area contributed by atoms with Gasteiger partial charge in [0, 0.05) is 17.5 Å². The Kier molecular flexibility index (Phi) is 4.16. The Labute approximate surface area is 116 Å². The largest absolute Gasteiger partial charge is 0.374 e. The highest BCUT2D eigenvalue weighted by Gasteiger charge is 2.15. The highest BCUT2D eigenvalue weighted by molar-refractivity contribution is 7.10. The number of aryl methyl sites for hydroxylation is 2. The van der Waals surface area contributed by atoms with Gasteiger partial charge in [0.25, 0.3) is 5.69 Å². The van der Waals surface area contributed by atoms with Gasteiger partial charge < -0.3 is 5.32 Å². The predicted molar refractivity (Wildman–Crippen MR) is 78.9 cm³/mol. The summed E-state index contributed by atoms with van der Waals surface area (Å²) >= 11 is 1.68. The first-order valence-electron chi connectivity index (χ1n) is 6.16. The summed E-state index contributed by atoms with van der Waals surface area (Å²) in [5, 5.41) is 16.3. The fourth-order valence-corrected chi connectivity index (χ4v) is 2.96. The molecule has 0 unspecified atom stereocenters. The van der Waals surface area contributed by atoms with Gasteiger partial charge in [-0.3, -0.25) is 10.1 Å². The van der Waals surface area contributed by atoms with E-state index in [1.165, 1.54) is 16.5 Å². The normalized spacial score (nSPS) is 10.4. The third-order valence-corrected chi connectivity index (χ3v) is 4.06. The van der Waals surface area contributed by atoms with Crippen LogP contribution in [0.2, 0.25) is 0 Å². The molecule has 1 heterocycles. The maximum Gasteiger partial charge on any atom is 0.292 e. The van der Waals surface area contributed by atoms with Gasteiger partial charge >= 0.3 is 0 Å². The van der Waals surface area contributed by atoms with E-state index in [2.05, 4.69) is 23.7 Å². The van der Waals surface area contributed by atoms with E-state index in [0.29, 0.717) is 12.2 Å². The third-order valence-electron chi connectivity index (χ3n) is 3.09. The Bertz CT molecular complexity index is 593. The van der Waals surface area contributed by atoms with Crippen LogP contribution in [0.1, 0.15) is 22.9 Å². The van der Waals surface area contributed by atoms with E-state index in [1.807, 2.05) is 13.0 Å². The summed E-state index contributed by atoms with van der Waals surface area (Å²) in [6.07, 6.45) is 0.983. The number of thiophene rings is 1. The minimum atomic E-state index is -0.343. The van der Waals surface area contributed by atoms with Gasteiger partial charge in [-0.2, -0.15) is 0 Å². The van der Waals surface area contributed by atoms with Crippen molar-refractivity contribution in [1.29, 1.82) is 0 Å². The molecule has 0 bridgehead atoms. The lowest BCUT2D eigenvalue weighted by molar-refractivity contribution is -0.384. The smallest absolute Gasteiger partial charge is 0.292 e. The summed E-state index contributed by atoms with van der Waals surface area (Å²) in [5.41, 5.74) is 2.94. The zero-order chi connectivity index (χ0) is 13.8. The van der Waals surface area contributed by atoms with E-state index in [9.17, 15) is 10.1 Å². The Morgan fingerprint density at radius 2 is 2.16 bits per heavy atom. The van der Waals surface area contributed by atoms with Crippen LogP contribution in [0.3, 0.4) is 0 Å². The van der Waals surface area contributed by atoms with Crippen molar-refractivity contribution in [2.24, 2.45) is 0 Å². The van der Waals surface area contributed by atoms with Crippen LogP contribution in [0.4, 0.5) is 11.4 Å². The number of para-hydroxylation sites is 1. The molecule has 4 nitrogen and oxygen atoms in total. The topological polar surface area (TPSA) is 55.2 Å². The number of nitro benzene ring substituents is 1. The van der Waals surface area contributed by atoms with Crippen LogP contribution in [0.5, 0.6) is 0 Å². The molecule has 0 aliphatic rings. The predicted octanol–water partition coefficient (Wildman–Crippen LogP) is 4.14. The van der Waals surface area contributed by atoms with Crippen LogP contribution in [0.25, 0.3) is 0 Å². The molecule has 2 rings (SSSR count). The van der Waals surface area contributed by atoms with Gasteiger partial charge in [0.1, 0.15) is 5.69 Å². The Morgan fingerprint density at radius 1 is 1.37 bits per heavy atom. The summed E-state index contributed by atoms with van der Waals surface area (Å²) in [6.45, 7) is 4.62. The quantitative estimate of drug-likeness (QED) is 0.659. The van der Waals surface area contributed by atoms with Crippen molar-refractivity contribution >= 4 is 22.7 Å². The van der Waals surface area contributed by atoms with Crippen LogP contribution >= 0.6 is 11.3 Å². The Balaban J connectivity index is 2.22. The third kappa shape index (κ3) is 2.93. The molecule has 5 heteroatoms. The summed E-state index contributed by atoms with van der Waals surface area (Å²) in [7, 11) is 0. The van der Waals surface area contributed by atoms with Crippen LogP contribution in [-0.2, 0) is 13.0 Å². The van der Waals surface area contributed by atoms with Crippen molar-refractivity contribution in [1.82, 2.24) is 0 Å². The van der Waals surface area contributed by atoms with Gasteiger partial charge in [0.2, 0.25) is 0 Å². The molecule has 0 saturated heterocycles. The maximum atomic E-state index is 11.0. The Morgan fingerprint density at radius 3 is 2.84 bits per heavy atom. The highest BCUT2D eigenvalue weighted by Crippen LogP contribution is 2.29. The zero-order valence-electron chi connectivity index (χ0n) is 11.0. The molecule has 0 amide bonds. The molecule has 1 aromatic carbocycles. The molecule has 0 atom stereocenters. The average Bonchev–Trinajstić information content (AvgIpc) is 2.84. The molecule has 0 aliphatic carbocycles. The second-order valence-corrected chi connectivity index (χ2v) is 5.30. The van der Waals surface area contributed by atoms with Crippen molar-refractivity contribution < 1.29 is 4.92 Å². The number of hydrogen-bond acceptors (Lipinski definition) is 4. The van der Waals surface area contributed by atoms with Gasteiger partial charge in [-0.25, -0.2) is 0 Å². The standard InChI is InChI=1S/C14H16N2O2S/c1-3-11-7-8-19-13(11)9-15-14-10(2)5-4-6-12(14)16(17)18/h4-8,15H,3,9H2,1-2H3. The number of nitrogens with one attached hydrogen (secondary N) is 1. The first kappa shape index (κ1) is 13.5. The van der Waals surface area contributed by atoms with E-state index < -0.39 is 0 Å².